The number of aliphatic carboxylic acids is 2. The van der Waals surface area contributed by atoms with Crippen LogP contribution in [0.5, 0.6) is 0 Å². The highest BCUT2D eigenvalue weighted by Gasteiger charge is 2.39. The molecule has 1 heterocycles. The van der Waals surface area contributed by atoms with Crippen LogP contribution < -0.4 is 5.32 Å². The molecule has 3 N–H and O–H groups in total. The zero-order chi connectivity index (χ0) is 10.0. The molecule has 74 valence electrons. The van der Waals surface area contributed by atoms with E-state index >= 15 is 0 Å². The Bertz CT molecular complexity index is 233. The molecular formula is C7H11NO4S. The zero-order valence-corrected chi connectivity index (χ0v) is 7.70. The maximum atomic E-state index is 10.6. The van der Waals surface area contributed by atoms with E-state index in [1.807, 2.05) is 0 Å². The van der Waals surface area contributed by atoms with Crippen LogP contribution in [0.2, 0.25) is 0 Å². The highest BCUT2D eigenvalue weighted by Crippen LogP contribution is 2.24. The molecule has 0 saturated carbocycles. The molecule has 0 radical (unpaired) electrons. The monoisotopic (exact) mass is 205 g/mol. The number of carboxylic acids is 2. The number of carboxylic acid groups (broad SMARTS) is 2. The summed E-state index contributed by atoms with van der Waals surface area (Å²) in [5.74, 6) is -2.43. The Labute approximate surface area is 80.5 Å². The fraction of sp³-hybridized carbons (Fsp3) is 0.714. The van der Waals surface area contributed by atoms with E-state index in [1.165, 1.54) is 0 Å². The molecule has 0 bridgehead atoms. The fourth-order valence-corrected chi connectivity index (χ4v) is 1.88. The molecule has 0 aromatic carbocycles. The van der Waals surface area contributed by atoms with Gasteiger partial charge in [-0.05, 0) is 0 Å². The van der Waals surface area contributed by atoms with Crippen LogP contribution in [0.1, 0.15) is 6.42 Å². The Hall–Kier alpha value is -0.750. The van der Waals surface area contributed by atoms with E-state index < -0.39 is 23.9 Å². The lowest BCUT2D eigenvalue weighted by atomic mass is 9.97. The van der Waals surface area contributed by atoms with Crippen LogP contribution in [-0.4, -0.2) is 40.0 Å². The molecular weight excluding hydrogens is 194 g/mol. The van der Waals surface area contributed by atoms with Crippen molar-refractivity contribution in [2.45, 2.75) is 17.7 Å². The van der Waals surface area contributed by atoms with E-state index in [4.69, 9.17) is 10.2 Å². The van der Waals surface area contributed by atoms with Crippen LogP contribution in [0.15, 0.2) is 0 Å². The molecule has 13 heavy (non-hydrogen) atoms. The largest absolute Gasteiger partial charge is 0.481 e. The molecule has 1 saturated heterocycles. The van der Waals surface area contributed by atoms with Crippen molar-refractivity contribution < 1.29 is 19.8 Å². The molecule has 1 rings (SSSR count). The molecule has 0 aromatic rings. The summed E-state index contributed by atoms with van der Waals surface area (Å²) in [5.41, 5.74) is 0. The highest BCUT2D eigenvalue weighted by molar-refractivity contribution is 7.81. The van der Waals surface area contributed by atoms with E-state index in [9.17, 15) is 9.59 Å². The average molecular weight is 205 g/mol. The van der Waals surface area contributed by atoms with Crippen LogP contribution in [-0.2, 0) is 9.59 Å². The van der Waals surface area contributed by atoms with Crippen molar-refractivity contribution in [2.75, 3.05) is 6.54 Å². The van der Waals surface area contributed by atoms with Gasteiger partial charge in [0.1, 0.15) is 6.04 Å². The van der Waals surface area contributed by atoms with Gasteiger partial charge in [-0.3, -0.25) is 9.59 Å². The Morgan fingerprint density at radius 3 is 2.54 bits per heavy atom. The molecule has 1 aliphatic rings. The number of hydrogen-bond donors (Lipinski definition) is 4. The number of carbonyl (C=O) groups is 2. The minimum absolute atomic E-state index is 0.155. The molecule has 5 nitrogen and oxygen atoms in total. The van der Waals surface area contributed by atoms with Gasteiger partial charge in [-0.1, -0.05) is 0 Å². The summed E-state index contributed by atoms with van der Waals surface area (Å²) in [6.45, 7) is 0.442. The summed E-state index contributed by atoms with van der Waals surface area (Å²) in [6, 6.07) is -0.779. The van der Waals surface area contributed by atoms with E-state index in [1.54, 1.807) is 0 Å². The van der Waals surface area contributed by atoms with Crippen LogP contribution in [0.4, 0.5) is 0 Å². The summed E-state index contributed by atoms with van der Waals surface area (Å²) in [4.78, 5) is 21.1. The number of rotatable bonds is 3. The second kappa shape index (κ2) is 3.97. The normalized spacial score (nSPS) is 33.2. The summed E-state index contributed by atoms with van der Waals surface area (Å²) in [7, 11) is 0. The average Bonchev–Trinajstić information content (AvgIpc) is 2.32. The number of thiol groups is 1. The van der Waals surface area contributed by atoms with Gasteiger partial charge in [0, 0.05) is 17.7 Å². The van der Waals surface area contributed by atoms with Crippen molar-refractivity contribution in [3.8, 4) is 0 Å². The van der Waals surface area contributed by atoms with Crippen LogP contribution in [0.3, 0.4) is 0 Å². The third-order valence-electron chi connectivity index (χ3n) is 2.15. The van der Waals surface area contributed by atoms with Crippen LogP contribution in [0, 0.1) is 5.92 Å². The molecule has 3 atom stereocenters. The lowest BCUT2D eigenvalue weighted by Crippen LogP contribution is -2.36. The summed E-state index contributed by atoms with van der Waals surface area (Å²) >= 11 is 4.13. The molecule has 1 aliphatic heterocycles. The summed E-state index contributed by atoms with van der Waals surface area (Å²) in [6.07, 6.45) is -0.155. The van der Waals surface area contributed by atoms with Gasteiger partial charge in [-0.2, -0.15) is 12.6 Å². The predicted octanol–water partition coefficient (Wildman–Crippen LogP) is -0.568. The first-order valence-electron chi connectivity index (χ1n) is 3.88. The molecule has 0 aromatic heterocycles. The van der Waals surface area contributed by atoms with Crippen molar-refractivity contribution in [2.24, 2.45) is 5.92 Å². The lowest BCUT2D eigenvalue weighted by Gasteiger charge is -2.15. The summed E-state index contributed by atoms with van der Waals surface area (Å²) in [5, 5.41) is 19.8. The lowest BCUT2D eigenvalue weighted by molar-refractivity contribution is -0.141. The maximum Gasteiger partial charge on any atom is 0.321 e. The van der Waals surface area contributed by atoms with Crippen molar-refractivity contribution in [1.29, 1.82) is 0 Å². The molecule has 0 aliphatic carbocycles. The van der Waals surface area contributed by atoms with E-state index in [0.717, 1.165) is 0 Å². The van der Waals surface area contributed by atoms with Crippen molar-refractivity contribution >= 4 is 24.6 Å². The van der Waals surface area contributed by atoms with Gasteiger partial charge in [0.2, 0.25) is 0 Å². The standard InChI is InChI=1S/C7H11NO4S/c9-5(10)1-3-4(13)2-8-6(3)7(11)12/h3-4,6,8,13H,1-2H2,(H,9,10)(H,11,12)/t3?,4-,6?/m0/s1. The molecule has 2 unspecified atom stereocenters. The van der Waals surface area contributed by atoms with Crippen LogP contribution in [0.25, 0.3) is 0 Å². The second-order valence-electron chi connectivity index (χ2n) is 3.05. The van der Waals surface area contributed by atoms with Crippen LogP contribution >= 0.6 is 12.6 Å². The minimum atomic E-state index is -1.01. The van der Waals surface area contributed by atoms with Gasteiger partial charge in [-0.15, -0.1) is 0 Å². The van der Waals surface area contributed by atoms with E-state index in [2.05, 4.69) is 17.9 Å². The van der Waals surface area contributed by atoms with Gasteiger partial charge in [0.05, 0.1) is 6.42 Å². The zero-order valence-electron chi connectivity index (χ0n) is 6.80. The fourth-order valence-electron chi connectivity index (χ4n) is 1.50. The molecule has 1 fully saturated rings. The quantitative estimate of drug-likeness (QED) is 0.464. The third kappa shape index (κ3) is 2.35. The molecule has 0 amide bonds. The van der Waals surface area contributed by atoms with Gasteiger partial charge in [0.25, 0.3) is 0 Å². The molecule has 0 spiro atoms. The Morgan fingerprint density at radius 1 is 1.46 bits per heavy atom. The Balaban J connectivity index is 2.65. The maximum absolute atomic E-state index is 10.6. The number of hydrogen-bond acceptors (Lipinski definition) is 4. The highest BCUT2D eigenvalue weighted by atomic mass is 32.1. The van der Waals surface area contributed by atoms with Crippen molar-refractivity contribution in [3.05, 3.63) is 0 Å². The first kappa shape index (κ1) is 10.3. The predicted molar refractivity (Wildman–Crippen MR) is 47.9 cm³/mol. The Kier molecular flexibility index (Phi) is 3.16. The van der Waals surface area contributed by atoms with Crippen molar-refractivity contribution in [3.63, 3.8) is 0 Å². The third-order valence-corrected chi connectivity index (χ3v) is 2.71. The van der Waals surface area contributed by atoms with E-state index in [0.29, 0.717) is 6.54 Å². The topological polar surface area (TPSA) is 86.6 Å². The first-order chi connectivity index (χ1) is 6.02. The second-order valence-corrected chi connectivity index (χ2v) is 3.72. The van der Waals surface area contributed by atoms with Gasteiger partial charge >= 0.3 is 11.9 Å². The molecule has 6 heteroatoms. The Morgan fingerprint density at radius 2 is 2.08 bits per heavy atom. The van der Waals surface area contributed by atoms with E-state index in [-0.39, 0.29) is 11.7 Å². The van der Waals surface area contributed by atoms with Gasteiger partial charge < -0.3 is 15.5 Å². The van der Waals surface area contributed by atoms with Gasteiger partial charge in [0.15, 0.2) is 0 Å². The van der Waals surface area contributed by atoms with Crippen molar-refractivity contribution in [1.82, 2.24) is 5.32 Å². The SMILES string of the molecule is O=C(O)CC1C(C(=O)O)NC[C@@H]1S. The minimum Gasteiger partial charge on any atom is -0.481 e. The summed E-state index contributed by atoms with van der Waals surface area (Å²) < 4.78 is 0. The van der Waals surface area contributed by atoms with Gasteiger partial charge in [-0.25, -0.2) is 0 Å². The number of nitrogens with one attached hydrogen (secondary N) is 1. The smallest absolute Gasteiger partial charge is 0.321 e. The first-order valence-corrected chi connectivity index (χ1v) is 4.40.